The van der Waals surface area contributed by atoms with Crippen LogP contribution < -0.4 is 31.3 Å². The molecule has 0 fully saturated rings. The van der Waals surface area contributed by atoms with Gasteiger partial charge in [0.25, 0.3) is 6.71 Å². The summed E-state index contributed by atoms with van der Waals surface area (Å²) in [6.07, 6.45) is 9.89. The second kappa shape index (κ2) is 12.9. The van der Waals surface area contributed by atoms with Gasteiger partial charge in [-0.25, -0.2) is 0 Å². The van der Waals surface area contributed by atoms with E-state index in [4.69, 9.17) is 4.42 Å². The van der Waals surface area contributed by atoms with Crippen LogP contribution in [0.1, 0.15) is 17.9 Å². The van der Waals surface area contributed by atoms with Gasteiger partial charge in [-0.15, -0.1) is 0 Å². The first-order chi connectivity index (χ1) is 27.3. The fraction of sp³-hybridized carbons (Fsp3) is 0.0400. The Morgan fingerprint density at radius 1 is 0.545 bits per heavy atom. The lowest BCUT2D eigenvalue weighted by molar-refractivity contribution is 0.651. The first-order valence-corrected chi connectivity index (χ1v) is 19.1. The van der Waals surface area contributed by atoms with Crippen LogP contribution >= 0.6 is 0 Å². The van der Waals surface area contributed by atoms with E-state index < -0.39 is 0 Å². The third kappa shape index (κ3) is 5.08. The Balaban J connectivity index is 1.17. The molecule has 260 valence electrons. The van der Waals surface area contributed by atoms with Gasteiger partial charge in [0.1, 0.15) is 5.58 Å². The van der Waals surface area contributed by atoms with Gasteiger partial charge in [-0.2, -0.15) is 0 Å². The Kier molecular flexibility index (Phi) is 7.37. The summed E-state index contributed by atoms with van der Waals surface area (Å²) in [6, 6.07) is 63.4. The second-order valence-corrected chi connectivity index (χ2v) is 14.5. The smallest absolute Gasteiger partial charge is 0.297 e. The van der Waals surface area contributed by atoms with Crippen LogP contribution in [0.2, 0.25) is 0 Å². The van der Waals surface area contributed by atoms with Crippen LogP contribution in [0, 0.1) is 0 Å². The zero-order chi connectivity index (χ0) is 36.3. The number of para-hydroxylation sites is 4. The van der Waals surface area contributed by atoms with Gasteiger partial charge in [0.15, 0.2) is 0 Å². The quantitative estimate of drug-likeness (QED) is 0.161. The van der Waals surface area contributed by atoms with Crippen molar-refractivity contribution in [2.45, 2.75) is 12.3 Å². The Morgan fingerprint density at radius 2 is 1.22 bits per heavy atom. The molecule has 1 unspecified atom stereocenters. The fourth-order valence-corrected chi connectivity index (χ4v) is 8.94. The molecule has 5 heteroatoms. The molecule has 0 N–H and O–H groups in total. The van der Waals surface area contributed by atoms with Crippen LogP contribution in [0.4, 0.5) is 51.2 Å². The Bertz CT molecular complexity index is 2740. The topological polar surface area (TPSA) is 22.9 Å². The summed E-state index contributed by atoms with van der Waals surface area (Å²) in [5.41, 5.74) is 15.7. The molecule has 3 heterocycles. The van der Waals surface area contributed by atoms with Gasteiger partial charge >= 0.3 is 0 Å². The number of anilines is 9. The van der Waals surface area contributed by atoms with Crippen molar-refractivity contribution < 1.29 is 4.42 Å². The molecule has 11 rings (SSSR count). The van der Waals surface area contributed by atoms with Crippen molar-refractivity contribution in [1.82, 2.24) is 0 Å². The van der Waals surface area contributed by atoms with Gasteiger partial charge in [0.2, 0.25) is 0 Å². The Labute approximate surface area is 321 Å². The molecule has 8 aromatic rings. The Hall–Kier alpha value is -6.98. The van der Waals surface area contributed by atoms with E-state index in [0.29, 0.717) is 5.92 Å². The predicted molar refractivity (Wildman–Crippen MR) is 231 cm³/mol. The summed E-state index contributed by atoms with van der Waals surface area (Å²) in [5, 5.41) is 1.11. The van der Waals surface area contributed by atoms with Crippen molar-refractivity contribution in [2.75, 3.05) is 14.7 Å². The average molecular weight is 706 g/mol. The molecule has 2 aliphatic heterocycles. The lowest BCUT2D eigenvalue weighted by Gasteiger charge is -2.42. The van der Waals surface area contributed by atoms with Crippen molar-refractivity contribution in [3.63, 3.8) is 0 Å². The number of fused-ring (bicyclic) bond motifs is 6. The molecule has 0 radical (unpaired) electrons. The highest BCUT2D eigenvalue weighted by atomic mass is 16.3. The molecular formula is C50H36BN3O. The summed E-state index contributed by atoms with van der Waals surface area (Å²) >= 11 is 0. The van der Waals surface area contributed by atoms with E-state index in [1.54, 1.807) is 0 Å². The first-order valence-electron chi connectivity index (χ1n) is 19.1. The number of benzene rings is 7. The number of furan rings is 1. The maximum absolute atomic E-state index is 7.06. The van der Waals surface area contributed by atoms with Crippen LogP contribution in [0.5, 0.6) is 0 Å². The zero-order valence-corrected chi connectivity index (χ0v) is 30.2. The first kappa shape index (κ1) is 31.5. The third-order valence-corrected chi connectivity index (χ3v) is 11.3. The minimum atomic E-state index is -0.120. The van der Waals surface area contributed by atoms with Crippen molar-refractivity contribution >= 4 is 85.5 Å². The minimum absolute atomic E-state index is 0.120. The number of allylic oxidation sites excluding steroid dienone is 4. The number of hydrogen-bond donors (Lipinski definition) is 0. The molecule has 4 nitrogen and oxygen atoms in total. The van der Waals surface area contributed by atoms with E-state index >= 15 is 0 Å². The molecule has 1 aliphatic carbocycles. The van der Waals surface area contributed by atoms with Gasteiger partial charge < -0.3 is 19.1 Å². The normalized spacial score (nSPS) is 15.1. The van der Waals surface area contributed by atoms with E-state index in [0.717, 1.165) is 68.5 Å². The minimum Gasteiger partial charge on any atom is -0.468 e. The van der Waals surface area contributed by atoms with E-state index in [2.05, 4.69) is 215 Å². The molecule has 3 aliphatic rings. The van der Waals surface area contributed by atoms with Gasteiger partial charge in [-0.05, 0) is 108 Å². The van der Waals surface area contributed by atoms with Crippen LogP contribution in [0.25, 0.3) is 11.0 Å². The van der Waals surface area contributed by atoms with Crippen LogP contribution in [0.3, 0.4) is 0 Å². The number of nitrogens with zero attached hydrogens (tertiary/aromatic N) is 3. The second-order valence-electron chi connectivity index (χ2n) is 14.5. The standard InChI is InChI=1S/C50H36BN3O/c1-5-17-35(18-6-1)36-19-15-26-40(33-36)54-45-29-16-28-44-48(45)51(50-49(54)42-27-13-14-30-47(42)55-50)43-32-31-41(34-46(43)53(44)39-24-11-4-12-25-39)52(37-20-7-2-8-21-37)38-22-9-3-10-23-38/h1-17,19-35H,18H2. The molecule has 1 atom stereocenters. The highest BCUT2D eigenvalue weighted by molar-refractivity contribution is 7.00. The molecule has 1 aromatic heterocycles. The molecule has 0 spiro atoms. The number of hydrogen-bond acceptors (Lipinski definition) is 4. The summed E-state index contributed by atoms with van der Waals surface area (Å²) in [7, 11) is 0. The zero-order valence-electron chi connectivity index (χ0n) is 30.2. The molecule has 55 heavy (non-hydrogen) atoms. The molecule has 7 aromatic carbocycles. The summed E-state index contributed by atoms with van der Waals surface area (Å²) in [4.78, 5) is 7.25. The maximum atomic E-state index is 7.06. The monoisotopic (exact) mass is 705 g/mol. The van der Waals surface area contributed by atoms with E-state index in [1.807, 2.05) is 0 Å². The van der Waals surface area contributed by atoms with E-state index in [1.165, 1.54) is 22.2 Å². The van der Waals surface area contributed by atoms with Gasteiger partial charge in [-0.1, -0.05) is 115 Å². The SMILES string of the molecule is C1=CCC(c2cccc(N3c4cccc5c4B(c4ccc(N(c6ccccc6)c6ccccc6)cc4N5c4ccccc4)c4oc5ccccc5c43)c2)C=C1. The Morgan fingerprint density at radius 3 is 1.96 bits per heavy atom. The average Bonchev–Trinajstić information content (AvgIpc) is 3.64. The predicted octanol–water partition coefficient (Wildman–Crippen LogP) is 11.6. The lowest BCUT2D eigenvalue weighted by atomic mass is 9.35. The van der Waals surface area contributed by atoms with Gasteiger partial charge in [-0.3, -0.25) is 0 Å². The summed E-state index contributed by atoms with van der Waals surface area (Å²) in [5.74, 6) is 0.341. The van der Waals surface area contributed by atoms with Crippen LogP contribution in [0.15, 0.2) is 205 Å². The van der Waals surface area contributed by atoms with Crippen molar-refractivity contribution in [3.05, 3.63) is 206 Å². The molecule has 0 amide bonds. The van der Waals surface area contributed by atoms with Gasteiger partial charge in [0, 0.05) is 56.8 Å². The fourth-order valence-electron chi connectivity index (χ4n) is 8.94. The van der Waals surface area contributed by atoms with Gasteiger partial charge in [0.05, 0.1) is 11.3 Å². The third-order valence-electron chi connectivity index (χ3n) is 11.3. The van der Waals surface area contributed by atoms with Crippen molar-refractivity contribution in [1.29, 1.82) is 0 Å². The maximum Gasteiger partial charge on any atom is 0.297 e. The number of rotatable bonds is 6. The van der Waals surface area contributed by atoms with Crippen LogP contribution in [-0.2, 0) is 0 Å². The lowest BCUT2D eigenvalue weighted by Crippen LogP contribution is -2.61. The molecule has 0 saturated heterocycles. The van der Waals surface area contributed by atoms with Crippen molar-refractivity contribution in [2.24, 2.45) is 0 Å². The molecular weight excluding hydrogens is 669 g/mol. The molecule has 0 bridgehead atoms. The largest absolute Gasteiger partial charge is 0.468 e. The highest BCUT2D eigenvalue weighted by Crippen LogP contribution is 2.48. The van der Waals surface area contributed by atoms with E-state index in [-0.39, 0.29) is 6.71 Å². The van der Waals surface area contributed by atoms with E-state index in [9.17, 15) is 0 Å². The summed E-state index contributed by atoms with van der Waals surface area (Å²) in [6.45, 7) is -0.120. The van der Waals surface area contributed by atoms with Crippen LogP contribution in [-0.4, -0.2) is 6.71 Å². The van der Waals surface area contributed by atoms with Crippen molar-refractivity contribution in [3.8, 4) is 0 Å². The summed E-state index contributed by atoms with van der Waals surface area (Å²) < 4.78 is 7.06. The highest BCUT2D eigenvalue weighted by Gasteiger charge is 2.46. The molecule has 0 saturated carbocycles.